The quantitative estimate of drug-likeness (QED) is 0.884. The van der Waals surface area contributed by atoms with Crippen LogP contribution in [0.2, 0.25) is 0 Å². The molecule has 6 nitrogen and oxygen atoms in total. The Morgan fingerprint density at radius 2 is 1.67 bits per heavy atom. The number of ether oxygens (including phenoxy) is 2. The van der Waals surface area contributed by atoms with Gasteiger partial charge in [-0.2, -0.15) is 0 Å². The van der Waals surface area contributed by atoms with Crippen molar-refractivity contribution < 1.29 is 14.3 Å². The van der Waals surface area contributed by atoms with Gasteiger partial charge in [0.05, 0.1) is 6.67 Å². The third-order valence-electron chi connectivity index (χ3n) is 5.93. The SMILES string of the molecule is O=C1NCN(c2ccccc2)C12CCN(C1COc3ccccc3O1)CC2. The molecule has 2 aromatic rings. The van der Waals surface area contributed by atoms with Gasteiger partial charge in [0.25, 0.3) is 0 Å². The number of anilines is 1. The molecule has 1 amide bonds. The first-order valence-electron chi connectivity index (χ1n) is 9.50. The Balaban J connectivity index is 1.31. The number of carbonyl (C=O) groups is 1. The minimum atomic E-state index is -0.467. The molecule has 1 unspecified atom stereocenters. The highest BCUT2D eigenvalue weighted by Gasteiger charge is 2.51. The standard InChI is InChI=1S/C21H23N3O3/c25-20-21(24(15-22-20)16-6-2-1-3-7-16)10-12-23(13-11-21)19-14-26-17-8-4-5-9-18(17)27-19/h1-9,19H,10-15H2,(H,22,25). The van der Waals surface area contributed by atoms with E-state index in [0.717, 1.165) is 43.1 Å². The van der Waals surface area contributed by atoms with E-state index in [1.807, 2.05) is 42.5 Å². The van der Waals surface area contributed by atoms with E-state index in [2.05, 4.69) is 27.2 Å². The molecule has 1 spiro atoms. The molecular formula is C21H23N3O3. The predicted octanol–water partition coefficient (Wildman–Crippen LogP) is 2.21. The molecule has 140 valence electrons. The Labute approximate surface area is 158 Å². The van der Waals surface area contributed by atoms with Crippen LogP contribution in [0, 0.1) is 0 Å². The minimum absolute atomic E-state index is 0.105. The van der Waals surface area contributed by atoms with Crippen LogP contribution in [0.3, 0.4) is 0 Å². The summed E-state index contributed by atoms with van der Waals surface area (Å²) in [6.45, 7) is 2.68. The molecule has 2 aromatic carbocycles. The van der Waals surface area contributed by atoms with Gasteiger partial charge in [0.2, 0.25) is 5.91 Å². The first-order valence-corrected chi connectivity index (χ1v) is 9.50. The van der Waals surface area contributed by atoms with Crippen LogP contribution in [0.25, 0.3) is 0 Å². The average molecular weight is 365 g/mol. The average Bonchev–Trinajstić information content (AvgIpc) is 3.04. The maximum absolute atomic E-state index is 12.8. The van der Waals surface area contributed by atoms with Gasteiger partial charge in [0.15, 0.2) is 17.7 Å². The molecule has 0 aromatic heterocycles. The van der Waals surface area contributed by atoms with Crippen molar-refractivity contribution in [1.29, 1.82) is 0 Å². The summed E-state index contributed by atoms with van der Waals surface area (Å²) in [5.41, 5.74) is 0.626. The van der Waals surface area contributed by atoms with Gasteiger partial charge in [-0.15, -0.1) is 0 Å². The number of hydrogen-bond donors (Lipinski definition) is 1. The lowest BCUT2D eigenvalue weighted by Gasteiger charge is -2.45. The van der Waals surface area contributed by atoms with Crippen molar-refractivity contribution >= 4 is 11.6 Å². The summed E-state index contributed by atoms with van der Waals surface area (Å²) in [4.78, 5) is 17.3. The van der Waals surface area contributed by atoms with Gasteiger partial charge in [-0.3, -0.25) is 9.69 Å². The van der Waals surface area contributed by atoms with Crippen molar-refractivity contribution in [3.05, 3.63) is 54.6 Å². The summed E-state index contributed by atoms with van der Waals surface area (Å²) >= 11 is 0. The third kappa shape index (κ3) is 2.72. The predicted molar refractivity (Wildman–Crippen MR) is 102 cm³/mol. The molecule has 1 N–H and O–H groups in total. The zero-order valence-corrected chi connectivity index (χ0v) is 15.1. The van der Waals surface area contributed by atoms with E-state index >= 15 is 0 Å². The molecule has 2 fully saturated rings. The monoisotopic (exact) mass is 365 g/mol. The molecular weight excluding hydrogens is 342 g/mol. The van der Waals surface area contributed by atoms with Crippen molar-refractivity contribution in [3.63, 3.8) is 0 Å². The molecule has 3 aliphatic rings. The highest BCUT2D eigenvalue weighted by Crippen LogP contribution is 2.38. The van der Waals surface area contributed by atoms with E-state index in [-0.39, 0.29) is 12.1 Å². The molecule has 6 heteroatoms. The number of fused-ring (bicyclic) bond motifs is 1. The number of para-hydroxylation sites is 3. The Kier molecular flexibility index (Phi) is 3.93. The van der Waals surface area contributed by atoms with E-state index in [9.17, 15) is 4.79 Å². The lowest BCUT2D eigenvalue weighted by molar-refractivity contribution is -0.126. The summed E-state index contributed by atoms with van der Waals surface area (Å²) in [5.74, 6) is 1.73. The summed E-state index contributed by atoms with van der Waals surface area (Å²) < 4.78 is 12.0. The summed E-state index contributed by atoms with van der Waals surface area (Å²) in [7, 11) is 0. The molecule has 0 saturated carbocycles. The molecule has 5 rings (SSSR count). The Bertz CT molecular complexity index is 834. The van der Waals surface area contributed by atoms with Crippen LogP contribution in [0.15, 0.2) is 54.6 Å². The molecule has 2 saturated heterocycles. The number of hydrogen-bond acceptors (Lipinski definition) is 5. The fraction of sp³-hybridized carbons (Fsp3) is 0.381. The Morgan fingerprint density at radius 1 is 0.963 bits per heavy atom. The molecule has 0 radical (unpaired) electrons. The number of amides is 1. The van der Waals surface area contributed by atoms with E-state index in [4.69, 9.17) is 9.47 Å². The number of piperidine rings is 1. The van der Waals surface area contributed by atoms with Crippen LogP contribution in [-0.4, -0.2) is 48.9 Å². The van der Waals surface area contributed by atoms with Gasteiger partial charge in [0.1, 0.15) is 12.1 Å². The molecule has 27 heavy (non-hydrogen) atoms. The summed E-state index contributed by atoms with van der Waals surface area (Å²) in [6.07, 6.45) is 1.44. The Hall–Kier alpha value is -2.73. The van der Waals surface area contributed by atoms with Crippen molar-refractivity contribution in [2.45, 2.75) is 24.6 Å². The van der Waals surface area contributed by atoms with Crippen LogP contribution in [0.5, 0.6) is 11.5 Å². The van der Waals surface area contributed by atoms with Gasteiger partial charge in [-0.05, 0) is 37.1 Å². The molecule has 3 heterocycles. The lowest BCUT2D eigenvalue weighted by Crippen LogP contribution is -2.59. The largest absolute Gasteiger partial charge is 0.484 e. The normalized spacial score (nSPS) is 24.1. The van der Waals surface area contributed by atoms with E-state index < -0.39 is 5.54 Å². The van der Waals surface area contributed by atoms with Gasteiger partial charge in [0, 0.05) is 18.8 Å². The topological polar surface area (TPSA) is 54.0 Å². The van der Waals surface area contributed by atoms with Gasteiger partial charge < -0.3 is 19.7 Å². The van der Waals surface area contributed by atoms with Crippen LogP contribution in [0.1, 0.15) is 12.8 Å². The van der Waals surface area contributed by atoms with E-state index in [0.29, 0.717) is 13.3 Å². The maximum Gasteiger partial charge on any atom is 0.247 e. The highest BCUT2D eigenvalue weighted by atomic mass is 16.6. The van der Waals surface area contributed by atoms with E-state index in [1.165, 1.54) is 0 Å². The maximum atomic E-state index is 12.8. The smallest absolute Gasteiger partial charge is 0.247 e. The van der Waals surface area contributed by atoms with Crippen LogP contribution >= 0.6 is 0 Å². The minimum Gasteiger partial charge on any atom is -0.484 e. The number of benzene rings is 2. The molecule has 0 bridgehead atoms. The second-order valence-corrected chi connectivity index (χ2v) is 7.33. The highest BCUT2D eigenvalue weighted by molar-refractivity contribution is 5.93. The fourth-order valence-corrected chi connectivity index (χ4v) is 4.40. The number of carbonyl (C=O) groups excluding carboxylic acids is 1. The first kappa shape index (κ1) is 16.4. The van der Waals surface area contributed by atoms with Crippen molar-refractivity contribution in [3.8, 4) is 11.5 Å². The number of likely N-dealkylation sites (tertiary alicyclic amines) is 1. The van der Waals surface area contributed by atoms with Gasteiger partial charge in [-0.25, -0.2) is 0 Å². The summed E-state index contributed by atoms with van der Waals surface area (Å²) in [5, 5.41) is 3.05. The Morgan fingerprint density at radius 3 is 2.44 bits per heavy atom. The second kappa shape index (κ2) is 6.46. The number of rotatable bonds is 2. The number of nitrogens with zero attached hydrogens (tertiary/aromatic N) is 2. The van der Waals surface area contributed by atoms with Crippen molar-refractivity contribution in [1.82, 2.24) is 10.2 Å². The van der Waals surface area contributed by atoms with Crippen LogP contribution < -0.4 is 19.7 Å². The molecule has 3 aliphatic heterocycles. The number of nitrogens with one attached hydrogen (secondary N) is 1. The van der Waals surface area contributed by atoms with Crippen molar-refractivity contribution in [2.24, 2.45) is 0 Å². The second-order valence-electron chi connectivity index (χ2n) is 7.33. The van der Waals surface area contributed by atoms with Crippen LogP contribution in [-0.2, 0) is 4.79 Å². The van der Waals surface area contributed by atoms with E-state index in [1.54, 1.807) is 0 Å². The van der Waals surface area contributed by atoms with Gasteiger partial charge >= 0.3 is 0 Å². The fourth-order valence-electron chi connectivity index (χ4n) is 4.40. The lowest BCUT2D eigenvalue weighted by atomic mass is 9.85. The molecule has 1 atom stereocenters. The first-order chi connectivity index (χ1) is 13.3. The summed E-state index contributed by atoms with van der Waals surface area (Å²) in [6, 6.07) is 18.0. The zero-order valence-electron chi connectivity index (χ0n) is 15.1. The third-order valence-corrected chi connectivity index (χ3v) is 5.93. The van der Waals surface area contributed by atoms with Crippen molar-refractivity contribution in [2.75, 3.05) is 31.3 Å². The zero-order chi connectivity index (χ0) is 18.3. The molecule has 0 aliphatic carbocycles. The van der Waals surface area contributed by atoms with Gasteiger partial charge in [-0.1, -0.05) is 30.3 Å². The van der Waals surface area contributed by atoms with Crippen LogP contribution in [0.4, 0.5) is 5.69 Å².